The Balaban J connectivity index is 2.04. The monoisotopic (exact) mass is 585 g/mol. The van der Waals surface area contributed by atoms with Crippen molar-refractivity contribution in [3.8, 4) is 5.75 Å². The Morgan fingerprint density at radius 1 is 1.00 bits per heavy atom. The van der Waals surface area contributed by atoms with Crippen molar-refractivity contribution in [2.24, 2.45) is 0 Å². The Bertz CT molecular complexity index is 1430. The van der Waals surface area contributed by atoms with Crippen LogP contribution >= 0.6 is 11.6 Å². The van der Waals surface area contributed by atoms with Crippen LogP contribution < -0.4 is 14.4 Å². The van der Waals surface area contributed by atoms with Gasteiger partial charge in [-0.2, -0.15) is 0 Å². The second kappa shape index (κ2) is 13.7. The first-order valence-electron chi connectivity index (χ1n) is 13.0. The molecule has 0 aliphatic heterocycles. The van der Waals surface area contributed by atoms with Crippen molar-refractivity contribution in [1.82, 2.24) is 10.2 Å². The van der Waals surface area contributed by atoms with Crippen LogP contribution in [-0.2, 0) is 26.2 Å². The third-order valence-electron chi connectivity index (χ3n) is 6.72. The summed E-state index contributed by atoms with van der Waals surface area (Å²) in [4.78, 5) is 28.6. The average molecular weight is 586 g/mol. The highest BCUT2D eigenvalue weighted by Gasteiger charge is 2.33. The molecule has 0 radical (unpaired) electrons. The number of sulfonamides is 1. The first-order valence-corrected chi connectivity index (χ1v) is 14.9. The molecule has 0 fully saturated rings. The zero-order chi connectivity index (χ0) is 29.4. The summed E-state index contributed by atoms with van der Waals surface area (Å²) in [6, 6.07) is 19.0. The predicted molar refractivity (Wildman–Crippen MR) is 158 cm³/mol. The minimum Gasteiger partial charge on any atom is -0.497 e. The number of benzene rings is 3. The molecular weight excluding hydrogens is 550 g/mol. The Morgan fingerprint density at radius 2 is 1.68 bits per heavy atom. The zero-order valence-electron chi connectivity index (χ0n) is 23.4. The highest BCUT2D eigenvalue weighted by atomic mass is 35.5. The van der Waals surface area contributed by atoms with Gasteiger partial charge in [0, 0.05) is 17.6 Å². The predicted octanol–water partition coefficient (Wildman–Crippen LogP) is 5.18. The molecular formula is C30H36ClN3O5S. The molecule has 8 nitrogen and oxygen atoms in total. The summed E-state index contributed by atoms with van der Waals surface area (Å²) in [5, 5.41) is 3.32. The van der Waals surface area contributed by atoms with Crippen LogP contribution in [0.25, 0.3) is 0 Å². The number of ether oxygens (including phenoxy) is 1. The van der Waals surface area contributed by atoms with Gasteiger partial charge in [0.1, 0.15) is 18.3 Å². The van der Waals surface area contributed by atoms with Crippen molar-refractivity contribution in [3.63, 3.8) is 0 Å². The molecule has 0 aromatic heterocycles. The molecule has 0 aliphatic rings. The smallest absolute Gasteiger partial charge is 0.264 e. The quantitative estimate of drug-likeness (QED) is 0.316. The van der Waals surface area contributed by atoms with Crippen molar-refractivity contribution >= 4 is 39.1 Å². The van der Waals surface area contributed by atoms with Gasteiger partial charge >= 0.3 is 0 Å². The molecule has 0 saturated heterocycles. The maximum absolute atomic E-state index is 14.0. The zero-order valence-corrected chi connectivity index (χ0v) is 25.0. The highest BCUT2D eigenvalue weighted by molar-refractivity contribution is 7.92. The Labute approximate surface area is 241 Å². The third-order valence-corrected chi connectivity index (χ3v) is 8.75. The van der Waals surface area contributed by atoms with Gasteiger partial charge in [0.15, 0.2) is 0 Å². The molecule has 2 amide bonds. The van der Waals surface area contributed by atoms with E-state index in [1.54, 1.807) is 63.4 Å². The molecule has 3 aromatic rings. The molecule has 0 saturated carbocycles. The van der Waals surface area contributed by atoms with E-state index in [0.29, 0.717) is 22.0 Å². The number of carbonyl (C=O) groups is 2. The maximum Gasteiger partial charge on any atom is 0.264 e. The molecule has 0 aliphatic carbocycles. The molecule has 214 valence electrons. The lowest BCUT2D eigenvalue weighted by atomic mass is 10.1. The van der Waals surface area contributed by atoms with E-state index in [1.807, 2.05) is 19.9 Å². The van der Waals surface area contributed by atoms with Crippen LogP contribution in [0.2, 0.25) is 5.02 Å². The van der Waals surface area contributed by atoms with Crippen molar-refractivity contribution < 1.29 is 22.7 Å². The van der Waals surface area contributed by atoms with Crippen LogP contribution in [0.3, 0.4) is 0 Å². The van der Waals surface area contributed by atoms with E-state index >= 15 is 0 Å². The molecule has 2 atom stereocenters. The van der Waals surface area contributed by atoms with Crippen LogP contribution in [0.5, 0.6) is 5.75 Å². The molecule has 3 rings (SSSR count). The summed E-state index contributed by atoms with van der Waals surface area (Å²) in [5.74, 6) is -0.252. The first-order chi connectivity index (χ1) is 19.0. The number of amides is 2. The van der Waals surface area contributed by atoms with Crippen LogP contribution in [0.1, 0.15) is 38.3 Å². The fraction of sp³-hybridized carbons (Fsp3) is 0.333. The van der Waals surface area contributed by atoms with Crippen LogP contribution in [0, 0.1) is 6.92 Å². The number of aryl methyl sites for hydroxylation is 1. The fourth-order valence-corrected chi connectivity index (χ4v) is 5.71. The largest absolute Gasteiger partial charge is 0.497 e. The summed E-state index contributed by atoms with van der Waals surface area (Å²) >= 11 is 6.00. The number of halogens is 1. The first kappa shape index (κ1) is 31.0. The van der Waals surface area contributed by atoms with Crippen molar-refractivity contribution in [1.29, 1.82) is 0 Å². The Kier molecular flexibility index (Phi) is 10.6. The molecule has 1 N–H and O–H groups in total. The molecule has 40 heavy (non-hydrogen) atoms. The van der Waals surface area contributed by atoms with Gasteiger partial charge < -0.3 is 15.0 Å². The van der Waals surface area contributed by atoms with E-state index in [0.717, 1.165) is 16.3 Å². The highest BCUT2D eigenvalue weighted by Crippen LogP contribution is 2.28. The van der Waals surface area contributed by atoms with Gasteiger partial charge in [-0.05, 0) is 80.8 Å². The van der Waals surface area contributed by atoms with Gasteiger partial charge in [0.05, 0.1) is 17.7 Å². The molecule has 0 unspecified atom stereocenters. The standard InChI is InChI=1S/C30H36ClN3O5S/c1-6-22(3)32-30(36)23(4)33(19-24-11-9-12-26(18-24)39-5)29(35)20-34(28-13-8-7-10-21(28)2)40(37,38)27-16-14-25(31)15-17-27/h7-18,22-23H,6,19-20H2,1-5H3,(H,32,36)/t22-,23+/m1/s1. The molecule has 3 aromatic carbocycles. The van der Waals surface area contributed by atoms with Gasteiger partial charge in [-0.3, -0.25) is 13.9 Å². The third kappa shape index (κ3) is 7.55. The lowest BCUT2D eigenvalue weighted by Gasteiger charge is -2.33. The van der Waals surface area contributed by atoms with Crippen molar-refractivity contribution in [2.45, 2.75) is 57.6 Å². The number of methoxy groups -OCH3 is 1. The lowest BCUT2D eigenvalue weighted by molar-refractivity contribution is -0.139. The van der Waals surface area contributed by atoms with Crippen LogP contribution in [0.4, 0.5) is 5.69 Å². The van der Waals surface area contributed by atoms with Gasteiger partial charge in [0.2, 0.25) is 11.8 Å². The Morgan fingerprint density at radius 3 is 2.30 bits per heavy atom. The van der Waals surface area contributed by atoms with Crippen LogP contribution in [-0.4, -0.2) is 50.9 Å². The maximum atomic E-state index is 14.0. The normalized spacial score (nSPS) is 12.8. The molecule has 10 heteroatoms. The average Bonchev–Trinajstić information content (AvgIpc) is 2.94. The van der Waals surface area contributed by atoms with Gasteiger partial charge in [0.25, 0.3) is 10.0 Å². The number of carbonyl (C=O) groups excluding carboxylic acids is 2. The summed E-state index contributed by atoms with van der Waals surface area (Å²) in [6.07, 6.45) is 0.725. The summed E-state index contributed by atoms with van der Waals surface area (Å²) in [6.45, 7) is 6.82. The van der Waals surface area contributed by atoms with E-state index in [-0.39, 0.29) is 23.4 Å². The molecule has 0 spiro atoms. The van der Waals surface area contributed by atoms with E-state index in [2.05, 4.69) is 5.32 Å². The van der Waals surface area contributed by atoms with Crippen molar-refractivity contribution in [3.05, 3.63) is 88.9 Å². The van der Waals surface area contributed by atoms with Gasteiger partial charge in [-0.15, -0.1) is 0 Å². The van der Waals surface area contributed by atoms with E-state index in [1.165, 1.54) is 29.2 Å². The second-order valence-electron chi connectivity index (χ2n) is 9.62. The van der Waals surface area contributed by atoms with Gasteiger partial charge in [-0.1, -0.05) is 48.9 Å². The number of rotatable bonds is 12. The fourth-order valence-electron chi connectivity index (χ4n) is 4.11. The van der Waals surface area contributed by atoms with Crippen molar-refractivity contribution in [2.75, 3.05) is 18.0 Å². The topological polar surface area (TPSA) is 96.0 Å². The van der Waals surface area contributed by atoms with Gasteiger partial charge in [-0.25, -0.2) is 8.42 Å². The number of hydrogen-bond donors (Lipinski definition) is 1. The number of hydrogen-bond acceptors (Lipinski definition) is 5. The molecule has 0 heterocycles. The number of nitrogens with zero attached hydrogens (tertiary/aromatic N) is 2. The van der Waals surface area contributed by atoms with E-state index < -0.39 is 28.5 Å². The lowest BCUT2D eigenvalue weighted by Crippen LogP contribution is -2.52. The Hall–Kier alpha value is -3.56. The van der Waals surface area contributed by atoms with E-state index in [4.69, 9.17) is 16.3 Å². The minimum atomic E-state index is -4.17. The summed E-state index contributed by atoms with van der Waals surface area (Å²) in [5.41, 5.74) is 1.78. The summed E-state index contributed by atoms with van der Waals surface area (Å²) < 4.78 is 34.2. The minimum absolute atomic E-state index is 0.00476. The number of anilines is 1. The number of para-hydroxylation sites is 1. The second-order valence-corrected chi connectivity index (χ2v) is 11.9. The SMILES string of the molecule is CC[C@@H](C)NC(=O)[C@H](C)N(Cc1cccc(OC)c1)C(=O)CN(c1ccccc1C)S(=O)(=O)c1ccc(Cl)cc1. The number of nitrogens with one attached hydrogen (secondary N) is 1. The summed E-state index contributed by atoms with van der Waals surface area (Å²) in [7, 11) is -2.62. The molecule has 0 bridgehead atoms. The van der Waals surface area contributed by atoms with E-state index in [9.17, 15) is 18.0 Å². The van der Waals surface area contributed by atoms with Crippen LogP contribution in [0.15, 0.2) is 77.7 Å².